The van der Waals surface area contributed by atoms with Gasteiger partial charge < -0.3 is 10.3 Å². The molecule has 31 heavy (non-hydrogen) atoms. The molecule has 0 spiro atoms. The van der Waals surface area contributed by atoms with Crippen molar-refractivity contribution in [3.8, 4) is 0 Å². The van der Waals surface area contributed by atoms with Crippen molar-refractivity contribution in [3.63, 3.8) is 0 Å². The SMILES string of the molecule is CCC(Nc1ccc(S(=O)(=O)Nc2nc(C)cc(C)n2)cc1)c1nc2ccccc2[nH]1. The summed E-state index contributed by atoms with van der Waals surface area (Å²) in [5, 5.41) is 3.42. The van der Waals surface area contributed by atoms with Crippen molar-refractivity contribution in [2.75, 3.05) is 10.0 Å². The quantitative estimate of drug-likeness (QED) is 0.397. The summed E-state index contributed by atoms with van der Waals surface area (Å²) >= 11 is 0. The van der Waals surface area contributed by atoms with Gasteiger partial charge in [-0.2, -0.15) is 0 Å². The second-order valence-electron chi connectivity index (χ2n) is 7.35. The van der Waals surface area contributed by atoms with Crippen LogP contribution in [0.15, 0.2) is 59.5 Å². The molecule has 0 radical (unpaired) electrons. The van der Waals surface area contributed by atoms with Gasteiger partial charge in [-0.15, -0.1) is 0 Å². The average molecular weight is 437 g/mol. The molecule has 0 fully saturated rings. The zero-order valence-electron chi connectivity index (χ0n) is 17.5. The lowest BCUT2D eigenvalue weighted by Gasteiger charge is -2.16. The highest BCUT2D eigenvalue weighted by Gasteiger charge is 2.18. The number of sulfonamides is 1. The summed E-state index contributed by atoms with van der Waals surface area (Å²) in [5.74, 6) is 0.907. The van der Waals surface area contributed by atoms with E-state index in [0.717, 1.165) is 29.0 Å². The van der Waals surface area contributed by atoms with E-state index >= 15 is 0 Å². The third kappa shape index (κ3) is 4.66. The smallest absolute Gasteiger partial charge is 0.264 e. The number of rotatable bonds is 7. The molecule has 0 bridgehead atoms. The molecule has 4 aromatic rings. The maximum Gasteiger partial charge on any atom is 0.264 e. The minimum absolute atomic E-state index is 0.0309. The summed E-state index contributed by atoms with van der Waals surface area (Å²) in [7, 11) is -3.79. The fraction of sp³-hybridized carbons (Fsp3) is 0.227. The van der Waals surface area contributed by atoms with Crippen LogP contribution in [-0.2, 0) is 10.0 Å². The number of fused-ring (bicyclic) bond motifs is 1. The fourth-order valence-corrected chi connectivity index (χ4v) is 4.33. The highest BCUT2D eigenvalue weighted by atomic mass is 32.2. The van der Waals surface area contributed by atoms with Gasteiger partial charge in [-0.3, -0.25) is 0 Å². The number of benzene rings is 2. The molecule has 1 unspecified atom stereocenters. The maximum atomic E-state index is 12.7. The van der Waals surface area contributed by atoms with Gasteiger partial charge in [-0.05, 0) is 62.7 Å². The first kappa shape index (κ1) is 20.8. The molecule has 0 aliphatic heterocycles. The van der Waals surface area contributed by atoms with Gasteiger partial charge in [0, 0.05) is 17.1 Å². The van der Waals surface area contributed by atoms with Crippen molar-refractivity contribution in [2.45, 2.75) is 38.1 Å². The van der Waals surface area contributed by atoms with Gasteiger partial charge >= 0.3 is 0 Å². The number of aromatic amines is 1. The number of nitrogens with one attached hydrogen (secondary N) is 3. The third-order valence-corrected chi connectivity index (χ3v) is 6.20. The van der Waals surface area contributed by atoms with Gasteiger partial charge in [0.05, 0.1) is 22.0 Å². The van der Waals surface area contributed by atoms with Crippen LogP contribution in [0, 0.1) is 13.8 Å². The number of para-hydroxylation sites is 2. The van der Waals surface area contributed by atoms with Gasteiger partial charge in [-0.25, -0.2) is 28.1 Å². The largest absolute Gasteiger partial charge is 0.375 e. The van der Waals surface area contributed by atoms with Crippen molar-refractivity contribution < 1.29 is 8.42 Å². The highest BCUT2D eigenvalue weighted by molar-refractivity contribution is 7.92. The molecule has 8 nitrogen and oxygen atoms in total. The second kappa shape index (κ2) is 8.35. The molecular formula is C22H24N6O2S. The molecule has 2 heterocycles. The van der Waals surface area contributed by atoms with Crippen molar-refractivity contribution in [3.05, 3.63) is 71.8 Å². The Kier molecular flexibility index (Phi) is 5.60. The fourth-order valence-electron chi connectivity index (χ4n) is 3.38. The average Bonchev–Trinajstić information content (AvgIpc) is 3.15. The molecule has 0 aliphatic carbocycles. The van der Waals surface area contributed by atoms with Crippen LogP contribution in [0.25, 0.3) is 11.0 Å². The maximum absolute atomic E-state index is 12.7. The first-order chi connectivity index (χ1) is 14.8. The Bertz CT molecular complexity index is 1260. The minimum atomic E-state index is -3.79. The van der Waals surface area contributed by atoms with Gasteiger partial charge in [-0.1, -0.05) is 19.1 Å². The summed E-state index contributed by atoms with van der Waals surface area (Å²) in [6, 6.07) is 16.2. The van der Waals surface area contributed by atoms with Crippen molar-refractivity contribution in [2.24, 2.45) is 0 Å². The van der Waals surface area contributed by atoms with E-state index in [2.05, 4.69) is 36.9 Å². The highest BCUT2D eigenvalue weighted by Crippen LogP contribution is 2.24. The Morgan fingerprint density at radius 2 is 1.65 bits per heavy atom. The molecule has 1 atom stereocenters. The standard InChI is InChI=1S/C22H24N6O2S/c1-4-18(21-26-19-7-5-6-8-20(19)27-21)25-16-9-11-17(12-10-16)31(29,30)28-22-23-14(2)13-15(3)24-22/h5-13,18,25H,4H2,1-3H3,(H,26,27)(H,23,24,28). The molecule has 4 rings (SSSR count). The predicted octanol–water partition coefficient (Wildman–Crippen LogP) is 4.33. The van der Waals surface area contributed by atoms with E-state index in [9.17, 15) is 8.42 Å². The number of anilines is 2. The number of hydrogen-bond donors (Lipinski definition) is 3. The number of aryl methyl sites for hydroxylation is 2. The molecule has 0 saturated carbocycles. The topological polar surface area (TPSA) is 113 Å². The molecule has 0 amide bonds. The lowest BCUT2D eigenvalue weighted by atomic mass is 10.2. The van der Waals surface area contributed by atoms with Crippen molar-refractivity contribution in [1.82, 2.24) is 19.9 Å². The zero-order chi connectivity index (χ0) is 22.0. The van der Waals surface area contributed by atoms with Crippen LogP contribution in [0.3, 0.4) is 0 Å². The van der Waals surface area contributed by atoms with Crippen LogP contribution >= 0.6 is 0 Å². The van der Waals surface area contributed by atoms with E-state index in [1.807, 2.05) is 24.3 Å². The Morgan fingerprint density at radius 3 is 2.29 bits per heavy atom. The molecule has 0 saturated heterocycles. The number of hydrogen-bond acceptors (Lipinski definition) is 6. The lowest BCUT2D eigenvalue weighted by molar-refractivity contribution is 0.600. The summed E-state index contributed by atoms with van der Waals surface area (Å²) < 4.78 is 27.9. The van der Waals surface area contributed by atoms with E-state index in [4.69, 9.17) is 0 Å². The van der Waals surface area contributed by atoms with E-state index in [0.29, 0.717) is 11.4 Å². The van der Waals surface area contributed by atoms with Crippen LogP contribution in [0.4, 0.5) is 11.6 Å². The van der Waals surface area contributed by atoms with Gasteiger partial charge in [0.2, 0.25) is 5.95 Å². The predicted molar refractivity (Wildman–Crippen MR) is 122 cm³/mol. The van der Waals surface area contributed by atoms with Crippen LogP contribution in [0.2, 0.25) is 0 Å². The normalized spacial score (nSPS) is 12.6. The monoisotopic (exact) mass is 436 g/mol. The van der Waals surface area contributed by atoms with Crippen LogP contribution in [0.1, 0.15) is 36.6 Å². The van der Waals surface area contributed by atoms with E-state index in [1.54, 1.807) is 44.2 Å². The second-order valence-corrected chi connectivity index (χ2v) is 9.03. The lowest BCUT2D eigenvalue weighted by Crippen LogP contribution is -2.16. The molecular weight excluding hydrogens is 412 g/mol. The van der Waals surface area contributed by atoms with Crippen LogP contribution < -0.4 is 10.0 Å². The number of H-pyrrole nitrogens is 1. The Morgan fingerprint density at radius 1 is 0.968 bits per heavy atom. The first-order valence-electron chi connectivity index (χ1n) is 10.0. The number of aromatic nitrogens is 4. The van der Waals surface area contributed by atoms with Crippen molar-refractivity contribution >= 4 is 32.7 Å². The third-order valence-electron chi connectivity index (χ3n) is 4.86. The Balaban J connectivity index is 1.51. The molecule has 9 heteroatoms. The molecule has 2 aromatic heterocycles. The first-order valence-corrected chi connectivity index (χ1v) is 11.5. The minimum Gasteiger partial charge on any atom is -0.375 e. The van der Waals surface area contributed by atoms with Crippen LogP contribution in [-0.4, -0.2) is 28.4 Å². The molecule has 160 valence electrons. The Hall–Kier alpha value is -3.46. The zero-order valence-corrected chi connectivity index (χ0v) is 18.4. The van der Waals surface area contributed by atoms with E-state index in [-0.39, 0.29) is 16.9 Å². The van der Waals surface area contributed by atoms with E-state index in [1.165, 1.54) is 0 Å². The van der Waals surface area contributed by atoms with Crippen LogP contribution in [0.5, 0.6) is 0 Å². The number of imidazole rings is 1. The van der Waals surface area contributed by atoms with Crippen molar-refractivity contribution in [1.29, 1.82) is 0 Å². The summed E-state index contributed by atoms with van der Waals surface area (Å²) in [4.78, 5) is 16.4. The van der Waals surface area contributed by atoms with Gasteiger partial charge in [0.25, 0.3) is 10.0 Å². The summed E-state index contributed by atoms with van der Waals surface area (Å²) in [6.07, 6.45) is 0.811. The molecule has 3 N–H and O–H groups in total. The van der Waals surface area contributed by atoms with E-state index < -0.39 is 10.0 Å². The summed E-state index contributed by atoms with van der Waals surface area (Å²) in [6.45, 7) is 5.65. The van der Waals surface area contributed by atoms with Gasteiger partial charge in [0.1, 0.15) is 5.82 Å². The Labute approximate surface area is 181 Å². The summed E-state index contributed by atoms with van der Waals surface area (Å²) in [5.41, 5.74) is 4.09. The van der Waals surface area contributed by atoms with Gasteiger partial charge in [0.15, 0.2) is 0 Å². The number of nitrogens with zero attached hydrogens (tertiary/aromatic N) is 3. The molecule has 0 aliphatic rings. The molecule has 2 aromatic carbocycles.